The predicted molar refractivity (Wildman–Crippen MR) is 194 cm³/mol. The van der Waals surface area contributed by atoms with Crippen molar-refractivity contribution in [2.24, 2.45) is 0 Å². The summed E-state index contributed by atoms with van der Waals surface area (Å²) >= 11 is 5.14. The number of unbranched alkanes of at least 4 members (excludes halogenated alkanes) is 23. The Bertz CT molecular complexity index is 742. The number of hydrogen-bond acceptors (Lipinski definition) is 2. The van der Waals surface area contributed by atoms with E-state index in [2.05, 4.69) is 33.8 Å². The summed E-state index contributed by atoms with van der Waals surface area (Å²) < 4.78 is 0. The first-order valence-corrected chi connectivity index (χ1v) is 19.6. The lowest BCUT2D eigenvalue weighted by molar-refractivity contribution is 0.455. The van der Waals surface area contributed by atoms with Crippen molar-refractivity contribution in [3.05, 3.63) is 28.3 Å². The van der Waals surface area contributed by atoms with E-state index in [4.69, 9.17) is 12.6 Å². The third-order valence-electron chi connectivity index (χ3n) is 9.58. The van der Waals surface area contributed by atoms with Gasteiger partial charge < -0.3 is 5.11 Å². The van der Waals surface area contributed by atoms with E-state index >= 15 is 0 Å². The van der Waals surface area contributed by atoms with Crippen molar-refractivity contribution < 1.29 is 5.11 Å². The van der Waals surface area contributed by atoms with E-state index in [1.807, 2.05) is 0 Å². The number of hydrogen-bond donors (Lipinski definition) is 2. The van der Waals surface area contributed by atoms with Gasteiger partial charge in [0.05, 0.1) is 0 Å². The van der Waals surface area contributed by atoms with Gasteiger partial charge in [-0.25, -0.2) is 0 Å². The lowest BCUT2D eigenvalue weighted by Gasteiger charge is -2.21. The molecule has 0 spiro atoms. The molecule has 1 N–H and O–H groups in total. The van der Waals surface area contributed by atoms with Crippen LogP contribution in [0.15, 0.2) is 6.07 Å². The summed E-state index contributed by atoms with van der Waals surface area (Å²) in [5.41, 5.74) is 5.14. The normalized spacial score (nSPS) is 12.3. The molecule has 2 heteroatoms. The van der Waals surface area contributed by atoms with Crippen molar-refractivity contribution in [3.8, 4) is 5.75 Å². The summed E-state index contributed by atoms with van der Waals surface area (Å²) in [6, 6.07) is 2.34. The first-order valence-electron chi connectivity index (χ1n) is 19.1. The fourth-order valence-corrected chi connectivity index (χ4v) is 7.07. The quantitative estimate of drug-likeness (QED) is 0.0663. The van der Waals surface area contributed by atoms with Crippen LogP contribution in [0.25, 0.3) is 0 Å². The molecular weight excluding hydrogens is 529 g/mol. The Morgan fingerprint density at radius 3 is 1.31 bits per heavy atom. The van der Waals surface area contributed by atoms with E-state index in [1.165, 1.54) is 189 Å². The summed E-state index contributed by atoms with van der Waals surface area (Å²) in [6.45, 7) is 9.14. The van der Waals surface area contributed by atoms with Gasteiger partial charge in [0.2, 0.25) is 0 Å². The molecule has 0 saturated heterocycles. The second-order valence-corrected chi connectivity index (χ2v) is 14.1. The minimum atomic E-state index is 0.287. The topological polar surface area (TPSA) is 20.2 Å². The highest BCUT2D eigenvalue weighted by Crippen LogP contribution is 2.38. The van der Waals surface area contributed by atoms with Crippen LogP contribution in [-0.4, -0.2) is 5.11 Å². The smallest absolute Gasteiger partial charge is 0.122 e. The van der Waals surface area contributed by atoms with E-state index in [0.29, 0.717) is 5.75 Å². The molecule has 1 aromatic rings. The molecule has 0 aliphatic rings. The van der Waals surface area contributed by atoms with Crippen LogP contribution >= 0.6 is 12.6 Å². The molecule has 0 aromatic heterocycles. The fraction of sp³-hybridized carbons (Fsp3) is 0.850. The van der Waals surface area contributed by atoms with Crippen LogP contribution in [0.3, 0.4) is 0 Å². The predicted octanol–water partition coefficient (Wildman–Crippen LogP) is 14.3. The standard InChI is InChI=1S/C40H74OS/c1-5-8-11-14-17-19-21-23-25-28-31-36-34-38(39(42)33-30-27-16-13-10-7-3)35(4)37(40(36)41)32-29-26-24-22-20-18-15-12-9-6-2/h34,39,41-42H,5-33H2,1-4H3. The molecule has 0 bridgehead atoms. The number of thiol groups is 1. The molecule has 0 heterocycles. The lowest BCUT2D eigenvalue weighted by Crippen LogP contribution is -2.04. The van der Waals surface area contributed by atoms with E-state index in [0.717, 1.165) is 19.3 Å². The van der Waals surface area contributed by atoms with Gasteiger partial charge in [-0.05, 0) is 61.3 Å². The molecule has 1 nitrogen and oxygen atoms in total. The summed E-state index contributed by atoms with van der Waals surface area (Å²) in [5, 5.41) is 11.7. The summed E-state index contributed by atoms with van der Waals surface area (Å²) in [6.07, 6.45) is 38.3. The van der Waals surface area contributed by atoms with Gasteiger partial charge in [-0.2, -0.15) is 12.6 Å². The Labute approximate surface area is 270 Å². The minimum absolute atomic E-state index is 0.287. The van der Waals surface area contributed by atoms with Gasteiger partial charge in [0.15, 0.2) is 0 Å². The van der Waals surface area contributed by atoms with E-state index in [9.17, 15) is 5.11 Å². The minimum Gasteiger partial charge on any atom is -0.507 e. The van der Waals surface area contributed by atoms with Gasteiger partial charge >= 0.3 is 0 Å². The van der Waals surface area contributed by atoms with Crippen LogP contribution in [0.1, 0.15) is 222 Å². The van der Waals surface area contributed by atoms with Gasteiger partial charge in [0, 0.05) is 5.25 Å². The van der Waals surface area contributed by atoms with Crippen LogP contribution in [0.5, 0.6) is 5.75 Å². The van der Waals surface area contributed by atoms with Gasteiger partial charge in [-0.15, -0.1) is 0 Å². The molecule has 246 valence electrons. The van der Waals surface area contributed by atoms with Crippen molar-refractivity contribution in [2.45, 2.75) is 219 Å². The number of benzene rings is 1. The van der Waals surface area contributed by atoms with Gasteiger partial charge in [-0.3, -0.25) is 0 Å². The lowest BCUT2D eigenvalue weighted by atomic mass is 9.89. The summed E-state index contributed by atoms with van der Waals surface area (Å²) in [5.74, 6) is 0.614. The van der Waals surface area contributed by atoms with E-state index in [1.54, 1.807) is 0 Å². The van der Waals surface area contributed by atoms with E-state index < -0.39 is 0 Å². The molecule has 0 aliphatic heterocycles. The molecule has 0 fully saturated rings. The molecular formula is C40H74OS. The monoisotopic (exact) mass is 603 g/mol. The Morgan fingerprint density at radius 1 is 0.524 bits per heavy atom. The van der Waals surface area contributed by atoms with Gasteiger partial charge in [0.25, 0.3) is 0 Å². The second-order valence-electron chi connectivity index (χ2n) is 13.5. The third-order valence-corrected chi connectivity index (χ3v) is 10.1. The molecule has 1 aromatic carbocycles. The van der Waals surface area contributed by atoms with Crippen molar-refractivity contribution in [1.29, 1.82) is 0 Å². The third kappa shape index (κ3) is 18.9. The Morgan fingerprint density at radius 2 is 0.881 bits per heavy atom. The van der Waals surface area contributed by atoms with Gasteiger partial charge in [0.1, 0.15) is 5.75 Å². The highest BCUT2D eigenvalue weighted by Gasteiger charge is 2.18. The van der Waals surface area contributed by atoms with Crippen molar-refractivity contribution in [1.82, 2.24) is 0 Å². The molecule has 0 amide bonds. The first-order chi connectivity index (χ1) is 20.6. The molecule has 1 unspecified atom stereocenters. The molecule has 0 aliphatic carbocycles. The summed E-state index contributed by atoms with van der Waals surface area (Å²) in [7, 11) is 0. The van der Waals surface area contributed by atoms with Crippen LogP contribution in [0, 0.1) is 6.92 Å². The molecule has 0 radical (unpaired) electrons. The summed E-state index contributed by atoms with van der Waals surface area (Å²) in [4.78, 5) is 0. The number of rotatable bonds is 30. The van der Waals surface area contributed by atoms with Crippen LogP contribution < -0.4 is 0 Å². The maximum atomic E-state index is 11.4. The number of phenols is 1. The highest BCUT2D eigenvalue weighted by molar-refractivity contribution is 7.80. The average Bonchev–Trinajstić information content (AvgIpc) is 2.99. The van der Waals surface area contributed by atoms with Gasteiger partial charge in [-0.1, -0.05) is 181 Å². The second kappa shape index (κ2) is 27.9. The van der Waals surface area contributed by atoms with Crippen LogP contribution in [0.2, 0.25) is 0 Å². The zero-order chi connectivity index (χ0) is 30.7. The molecule has 0 saturated carbocycles. The number of aromatic hydroxyl groups is 1. The van der Waals surface area contributed by atoms with Crippen molar-refractivity contribution in [2.75, 3.05) is 0 Å². The largest absolute Gasteiger partial charge is 0.507 e. The van der Waals surface area contributed by atoms with Crippen LogP contribution in [-0.2, 0) is 12.8 Å². The number of phenolic OH excluding ortho intramolecular Hbond substituents is 1. The zero-order valence-corrected chi connectivity index (χ0v) is 29.9. The first kappa shape index (κ1) is 39.4. The molecule has 1 rings (SSSR count). The molecule has 42 heavy (non-hydrogen) atoms. The van der Waals surface area contributed by atoms with Crippen molar-refractivity contribution >= 4 is 12.6 Å². The van der Waals surface area contributed by atoms with Crippen molar-refractivity contribution in [3.63, 3.8) is 0 Å². The Balaban J connectivity index is 2.64. The Kier molecular flexibility index (Phi) is 26.2. The highest BCUT2D eigenvalue weighted by atomic mass is 32.1. The van der Waals surface area contributed by atoms with Crippen LogP contribution in [0.4, 0.5) is 0 Å². The Hall–Kier alpha value is -0.630. The number of aryl methyl sites for hydroxylation is 1. The maximum absolute atomic E-state index is 11.4. The maximum Gasteiger partial charge on any atom is 0.122 e. The zero-order valence-electron chi connectivity index (χ0n) is 29.1. The van der Waals surface area contributed by atoms with E-state index in [-0.39, 0.29) is 5.25 Å². The molecule has 1 atom stereocenters. The SMILES string of the molecule is CCCCCCCCCCCCc1cc(C(S)CCCCCCCC)c(C)c(CCCCCCCCCCCC)c1O. The fourth-order valence-electron chi connectivity index (χ4n) is 6.62. The average molecular weight is 603 g/mol.